The Morgan fingerprint density at radius 2 is 2.26 bits per heavy atom. The maximum absolute atomic E-state index is 12.6. The van der Waals surface area contributed by atoms with Crippen LogP contribution in [0.2, 0.25) is 0 Å². The number of nitrogens with zero attached hydrogens (tertiary/aromatic N) is 1. The first kappa shape index (κ1) is 16.2. The van der Waals surface area contributed by atoms with Crippen molar-refractivity contribution in [2.24, 2.45) is 5.92 Å². The fraction of sp³-hybridized carbons (Fsp3) is 0.400. The first-order valence-electron chi connectivity index (χ1n) is 7.41. The number of rotatable bonds is 5. The third-order valence-electron chi connectivity index (χ3n) is 3.86. The van der Waals surface area contributed by atoms with E-state index >= 15 is 0 Å². The molecular weight excluding hydrogens is 336 g/mol. The third-order valence-corrected chi connectivity index (χ3v) is 7.10. The summed E-state index contributed by atoms with van der Waals surface area (Å²) in [5.74, 6) is 0.221. The molecule has 124 valence electrons. The molecule has 1 amide bonds. The van der Waals surface area contributed by atoms with Gasteiger partial charge in [0.25, 0.3) is 10.0 Å². The fourth-order valence-corrected chi connectivity index (χ4v) is 5.31. The minimum absolute atomic E-state index is 0.132. The Bertz CT molecular complexity index is 739. The molecule has 0 spiro atoms. The van der Waals surface area contributed by atoms with Crippen LogP contribution in [0.4, 0.5) is 0 Å². The van der Waals surface area contributed by atoms with Crippen LogP contribution >= 0.6 is 11.3 Å². The summed E-state index contributed by atoms with van der Waals surface area (Å²) in [7, 11) is -3.49. The van der Waals surface area contributed by atoms with E-state index in [0.717, 1.165) is 0 Å². The highest BCUT2D eigenvalue weighted by Gasteiger charge is 2.33. The van der Waals surface area contributed by atoms with E-state index in [0.29, 0.717) is 35.9 Å². The highest BCUT2D eigenvalue weighted by molar-refractivity contribution is 7.91. The van der Waals surface area contributed by atoms with Gasteiger partial charge in [0.05, 0.1) is 18.7 Å². The molecule has 0 aromatic carbocycles. The van der Waals surface area contributed by atoms with E-state index in [4.69, 9.17) is 4.42 Å². The molecule has 0 radical (unpaired) electrons. The highest BCUT2D eigenvalue weighted by atomic mass is 32.2. The normalized spacial score (nSPS) is 19.6. The number of furan rings is 1. The van der Waals surface area contributed by atoms with Crippen LogP contribution in [0.15, 0.2) is 44.5 Å². The molecule has 2 aromatic rings. The summed E-state index contributed by atoms with van der Waals surface area (Å²) in [4.78, 5) is 12.3. The van der Waals surface area contributed by atoms with Gasteiger partial charge in [0.15, 0.2) is 0 Å². The molecular formula is C15H18N2O4S2. The fourth-order valence-electron chi connectivity index (χ4n) is 2.64. The van der Waals surface area contributed by atoms with Crippen LogP contribution < -0.4 is 5.32 Å². The zero-order valence-electron chi connectivity index (χ0n) is 12.5. The smallest absolute Gasteiger partial charge is 0.252 e. The predicted octanol–water partition coefficient (Wildman–Crippen LogP) is 2.06. The van der Waals surface area contributed by atoms with Crippen LogP contribution in [0.3, 0.4) is 0 Å². The molecule has 8 heteroatoms. The average molecular weight is 354 g/mol. The van der Waals surface area contributed by atoms with Gasteiger partial charge in [0.1, 0.15) is 9.97 Å². The number of amides is 1. The lowest BCUT2D eigenvalue weighted by Gasteiger charge is -2.30. The third kappa shape index (κ3) is 3.65. The number of carbonyl (C=O) groups excluding carboxylic acids is 1. The Labute approximate surface area is 139 Å². The van der Waals surface area contributed by atoms with Crippen molar-refractivity contribution in [2.45, 2.75) is 23.6 Å². The Kier molecular flexibility index (Phi) is 4.84. The molecule has 0 unspecified atom stereocenters. The van der Waals surface area contributed by atoms with Crippen molar-refractivity contribution in [3.05, 3.63) is 41.7 Å². The van der Waals surface area contributed by atoms with Crippen molar-refractivity contribution in [2.75, 3.05) is 13.1 Å². The highest BCUT2D eigenvalue weighted by Crippen LogP contribution is 2.26. The number of carbonyl (C=O) groups is 1. The SMILES string of the molecule is O=C(NCc1ccco1)[C@H]1CCCN(S(=O)(=O)c2cccs2)C1. The van der Waals surface area contributed by atoms with E-state index in [-0.39, 0.29) is 18.4 Å². The monoisotopic (exact) mass is 354 g/mol. The Morgan fingerprint density at radius 1 is 1.39 bits per heavy atom. The van der Waals surface area contributed by atoms with Crippen molar-refractivity contribution >= 4 is 27.3 Å². The Balaban J connectivity index is 1.63. The minimum atomic E-state index is -3.49. The second kappa shape index (κ2) is 6.86. The molecule has 3 rings (SSSR count). The van der Waals surface area contributed by atoms with Gasteiger partial charge < -0.3 is 9.73 Å². The number of nitrogens with one attached hydrogen (secondary N) is 1. The molecule has 3 heterocycles. The van der Waals surface area contributed by atoms with E-state index < -0.39 is 10.0 Å². The summed E-state index contributed by atoms with van der Waals surface area (Å²) >= 11 is 1.20. The van der Waals surface area contributed by atoms with E-state index in [1.807, 2.05) is 0 Å². The standard InChI is InChI=1S/C15H18N2O4S2/c18-15(16-10-13-5-2-8-21-13)12-4-1-7-17(11-12)23(19,20)14-6-3-9-22-14/h2-3,5-6,8-9,12H,1,4,7,10-11H2,(H,16,18)/t12-/m0/s1. The maximum Gasteiger partial charge on any atom is 0.252 e. The Morgan fingerprint density at radius 3 is 2.96 bits per heavy atom. The van der Waals surface area contributed by atoms with Crippen LogP contribution in [0, 0.1) is 5.92 Å². The second-order valence-corrected chi connectivity index (χ2v) is 8.54. The summed E-state index contributed by atoms with van der Waals surface area (Å²) in [6.07, 6.45) is 2.93. The number of thiophene rings is 1. The maximum atomic E-state index is 12.6. The first-order chi connectivity index (χ1) is 11.1. The molecule has 0 bridgehead atoms. The van der Waals surface area contributed by atoms with Crippen LogP contribution in [0.5, 0.6) is 0 Å². The van der Waals surface area contributed by atoms with Crippen LogP contribution in [-0.2, 0) is 21.4 Å². The topological polar surface area (TPSA) is 79.6 Å². The molecule has 1 fully saturated rings. The molecule has 1 aliphatic rings. The summed E-state index contributed by atoms with van der Waals surface area (Å²) in [5, 5.41) is 4.55. The molecule has 0 aliphatic carbocycles. The lowest BCUT2D eigenvalue weighted by Crippen LogP contribution is -2.45. The zero-order chi connectivity index (χ0) is 16.3. The van der Waals surface area contributed by atoms with Gasteiger partial charge in [-0.25, -0.2) is 8.42 Å². The molecule has 1 saturated heterocycles. The number of hydrogen-bond acceptors (Lipinski definition) is 5. The Hall–Kier alpha value is -1.64. The van der Waals surface area contributed by atoms with Crippen molar-refractivity contribution in [1.82, 2.24) is 9.62 Å². The van der Waals surface area contributed by atoms with Crippen molar-refractivity contribution in [1.29, 1.82) is 0 Å². The lowest BCUT2D eigenvalue weighted by molar-refractivity contribution is -0.126. The molecule has 6 nitrogen and oxygen atoms in total. The van der Waals surface area contributed by atoms with E-state index in [9.17, 15) is 13.2 Å². The molecule has 0 saturated carbocycles. The van der Waals surface area contributed by atoms with Crippen LogP contribution in [-0.4, -0.2) is 31.7 Å². The van der Waals surface area contributed by atoms with E-state index in [2.05, 4.69) is 5.32 Å². The van der Waals surface area contributed by atoms with Gasteiger partial charge >= 0.3 is 0 Å². The summed E-state index contributed by atoms with van der Waals surface area (Å²) < 4.78 is 32.0. The molecule has 1 atom stereocenters. The van der Waals surface area contributed by atoms with Gasteiger partial charge in [-0.1, -0.05) is 6.07 Å². The van der Waals surface area contributed by atoms with Gasteiger partial charge in [-0.2, -0.15) is 4.31 Å². The van der Waals surface area contributed by atoms with Gasteiger partial charge in [-0.3, -0.25) is 4.79 Å². The summed E-state index contributed by atoms with van der Waals surface area (Å²) in [6.45, 7) is 1.01. The quantitative estimate of drug-likeness (QED) is 0.891. The van der Waals surface area contributed by atoms with E-state index in [1.165, 1.54) is 15.6 Å². The first-order valence-corrected chi connectivity index (χ1v) is 9.73. The number of sulfonamides is 1. The average Bonchev–Trinajstić information content (AvgIpc) is 3.26. The second-order valence-electron chi connectivity index (χ2n) is 5.43. The number of piperidine rings is 1. The van der Waals surface area contributed by atoms with E-state index in [1.54, 1.807) is 35.9 Å². The predicted molar refractivity (Wildman–Crippen MR) is 86.4 cm³/mol. The summed E-state index contributed by atoms with van der Waals surface area (Å²) in [5.41, 5.74) is 0. The molecule has 1 N–H and O–H groups in total. The zero-order valence-corrected chi connectivity index (χ0v) is 14.1. The van der Waals surface area contributed by atoms with Gasteiger partial charge in [0, 0.05) is 13.1 Å². The largest absolute Gasteiger partial charge is 0.467 e. The molecule has 23 heavy (non-hydrogen) atoms. The van der Waals surface area contributed by atoms with Gasteiger partial charge in [0.2, 0.25) is 5.91 Å². The minimum Gasteiger partial charge on any atom is -0.467 e. The van der Waals surface area contributed by atoms with Crippen molar-refractivity contribution in [3.8, 4) is 0 Å². The van der Waals surface area contributed by atoms with Crippen molar-refractivity contribution in [3.63, 3.8) is 0 Å². The van der Waals surface area contributed by atoms with Gasteiger partial charge in [-0.15, -0.1) is 11.3 Å². The molecule has 2 aromatic heterocycles. The van der Waals surface area contributed by atoms with Crippen LogP contribution in [0.1, 0.15) is 18.6 Å². The summed E-state index contributed by atoms with van der Waals surface area (Å²) in [6, 6.07) is 6.86. The molecule has 1 aliphatic heterocycles. The van der Waals surface area contributed by atoms with Crippen molar-refractivity contribution < 1.29 is 17.6 Å². The number of hydrogen-bond donors (Lipinski definition) is 1. The lowest BCUT2D eigenvalue weighted by atomic mass is 9.99. The van der Waals surface area contributed by atoms with Gasteiger partial charge in [-0.05, 0) is 36.4 Å². The van der Waals surface area contributed by atoms with Crippen LogP contribution in [0.25, 0.3) is 0 Å².